The van der Waals surface area contributed by atoms with Gasteiger partial charge in [-0.1, -0.05) is 12.8 Å². The minimum atomic E-state index is -0.223. The van der Waals surface area contributed by atoms with Crippen LogP contribution in [-0.4, -0.2) is 39.1 Å². The molecule has 0 atom stereocenters. The van der Waals surface area contributed by atoms with Crippen molar-refractivity contribution in [3.63, 3.8) is 0 Å². The van der Waals surface area contributed by atoms with Gasteiger partial charge in [-0.05, 0) is 25.0 Å². The van der Waals surface area contributed by atoms with Gasteiger partial charge in [-0.3, -0.25) is 9.59 Å². The Labute approximate surface area is 130 Å². The Kier molecular flexibility index (Phi) is 5.63. The van der Waals surface area contributed by atoms with Crippen LogP contribution >= 0.6 is 0 Å². The molecule has 0 aliphatic carbocycles. The zero-order valence-electron chi connectivity index (χ0n) is 13.0. The molecule has 6 nitrogen and oxygen atoms in total. The lowest BCUT2D eigenvalue weighted by Gasteiger charge is -2.17. The molecule has 0 spiro atoms. The summed E-state index contributed by atoms with van der Waals surface area (Å²) in [5.74, 6) is 0.118. The lowest BCUT2D eigenvalue weighted by molar-refractivity contribution is 0.0933. The molecule has 2 heterocycles. The fraction of sp³-hybridized carbons (Fsp3) is 0.500. The van der Waals surface area contributed by atoms with Crippen LogP contribution in [0.4, 0.5) is 0 Å². The maximum absolute atomic E-state index is 12.3. The van der Waals surface area contributed by atoms with Crippen molar-refractivity contribution < 1.29 is 19.1 Å². The average molecular weight is 306 g/mol. The lowest BCUT2D eigenvalue weighted by Crippen LogP contribution is -2.28. The molecule has 0 aromatic heterocycles. The third kappa shape index (κ3) is 3.50. The smallest absolute Gasteiger partial charge is 0.255 e. The Bertz CT molecular complexity index is 508. The third-order valence-electron chi connectivity index (χ3n) is 3.68. The minimum absolute atomic E-state index is 0.223. The molecule has 1 aromatic rings. The van der Waals surface area contributed by atoms with Crippen LogP contribution in [0.3, 0.4) is 0 Å². The van der Waals surface area contributed by atoms with Gasteiger partial charge in [0.25, 0.3) is 11.8 Å². The molecule has 2 aliphatic rings. The van der Waals surface area contributed by atoms with Crippen molar-refractivity contribution in [1.29, 1.82) is 0 Å². The van der Waals surface area contributed by atoms with Gasteiger partial charge in [-0.15, -0.1) is 0 Å². The molecule has 0 saturated heterocycles. The Morgan fingerprint density at radius 1 is 0.773 bits per heavy atom. The first-order valence-electron chi connectivity index (χ1n) is 7.50. The predicted octanol–water partition coefficient (Wildman–Crippen LogP) is 1.74. The number of benzene rings is 1. The summed E-state index contributed by atoms with van der Waals surface area (Å²) in [6.45, 7) is 1.25. The number of nitrogens with one attached hydrogen (secondary N) is 2. The minimum Gasteiger partial charge on any atom is -0.492 e. The van der Waals surface area contributed by atoms with Gasteiger partial charge in [0, 0.05) is 13.1 Å². The molecule has 0 saturated carbocycles. The summed E-state index contributed by atoms with van der Waals surface area (Å²) in [4.78, 5) is 24.5. The summed E-state index contributed by atoms with van der Waals surface area (Å²) in [5.41, 5.74) is 0.737. The van der Waals surface area contributed by atoms with Gasteiger partial charge in [-0.25, -0.2) is 0 Å². The molecule has 2 amide bonds. The standard InChI is InChI=1S/C16H22N2O4/c1-21-13-11-7-8-12(14(13)22-2)16(20)18-10-6-4-3-5-9-17-15(11)19/h7-8H,3-6,9-10H2,1-2H3,(H,17,19)(H,18,20). The second-order valence-corrected chi connectivity index (χ2v) is 5.15. The monoisotopic (exact) mass is 306 g/mol. The summed E-state index contributed by atoms with van der Waals surface area (Å²) < 4.78 is 10.6. The highest BCUT2D eigenvalue weighted by molar-refractivity contribution is 6.03. The first kappa shape index (κ1) is 16.1. The molecule has 0 fully saturated rings. The molecule has 3 rings (SSSR count). The van der Waals surface area contributed by atoms with Crippen LogP contribution in [0, 0.1) is 0 Å². The first-order chi connectivity index (χ1) is 10.7. The fourth-order valence-corrected chi connectivity index (χ4v) is 2.52. The number of ether oxygens (including phenoxy) is 2. The van der Waals surface area contributed by atoms with Crippen molar-refractivity contribution in [2.24, 2.45) is 0 Å². The van der Waals surface area contributed by atoms with Crippen molar-refractivity contribution in [2.45, 2.75) is 25.7 Å². The van der Waals surface area contributed by atoms with E-state index in [1.54, 1.807) is 12.1 Å². The summed E-state index contributed by atoms with van der Waals surface area (Å²) in [6.07, 6.45) is 3.87. The zero-order chi connectivity index (χ0) is 15.9. The highest BCUT2D eigenvalue weighted by Crippen LogP contribution is 2.34. The Morgan fingerprint density at radius 2 is 1.18 bits per heavy atom. The van der Waals surface area contributed by atoms with Crippen molar-refractivity contribution in [2.75, 3.05) is 27.3 Å². The molecule has 22 heavy (non-hydrogen) atoms. The van der Waals surface area contributed by atoms with Gasteiger partial charge in [0.15, 0.2) is 11.5 Å². The van der Waals surface area contributed by atoms with E-state index in [4.69, 9.17) is 9.47 Å². The maximum atomic E-state index is 12.3. The number of carbonyl (C=O) groups is 2. The molecule has 2 bridgehead atoms. The van der Waals surface area contributed by atoms with E-state index in [2.05, 4.69) is 10.6 Å². The van der Waals surface area contributed by atoms with Gasteiger partial charge in [0.05, 0.1) is 25.3 Å². The Balaban J connectivity index is 2.44. The number of amides is 2. The predicted molar refractivity (Wildman–Crippen MR) is 82.7 cm³/mol. The molecule has 120 valence electrons. The fourth-order valence-electron chi connectivity index (χ4n) is 2.52. The number of carbonyl (C=O) groups excluding carboxylic acids is 2. The number of hydrogen-bond donors (Lipinski definition) is 2. The van der Waals surface area contributed by atoms with Crippen LogP contribution in [0.25, 0.3) is 0 Å². The second-order valence-electron chi connectivity index (χ2n) is 5.15. The van der Waals surface area contributed by atoms with Gasteiger partial charge in [-0.2, -0.15) is 0 Å². The normalized spacial score (nSPS) is 16.5. The van der Waals surface area contributed by atoms with Crippen molar-refractivity contribution in [3.8, 4) is 11.5 Å². The summed E-state index contributed by atoms with van der Waals surface area (Å²) >= 11 is 0. The largest absolute Gasteiger partial charge is 0.492 e. The summed E-state index contributed by atoms with van der Waals surface area (Å²) in [5, 5.41) is 5.75. The van der Waals surface area contributed by atoms with Crippen molar-refractivity contribution in [3.05, 3.63) is 23.3 Å². The van der Waals surface area contributed by atoms with Crippen molar-refractivity contribution in [1.82, 2.24) is 10.6 Å². The van der Waals surface area contributed by atoms with E-state index in [9.17, 15) is 9.59 Å². The van der Waals surface area contributed by atoms with Gasteiger partial charge >= 0.3 is 0 Å². The van der Waals surface area contributed by atoms with E-state index < -0.39 is 0 Å². The molecule has 0 radical (unpaired) electrons. The Morgan fingerprint density at radius 3 is 1.55 bits per heavy atom. The highest BCUT2D eigenvalue weighted by Gasteiger charge is 2.23. The van der Waals surface area contributed by atoms with Gasteiger partial charge in [0.2, 0.25) is 0 Å². The zero-order valence-corrected chi connectivity index (χ0v) is 13.0. The SMILES string of the molecule is COc1c2ccc(c1OC)C(=O)NCCCCCCNC2=O. The maximum Gasteiger partial charge on any atom is 0.255 e. The van der Waals surface area contributed by atoms with Crippen LogP contribution in [-0.2, 0) is 0 Å². The Hall–Kier alpha value is -2.24. The number of hydrogen-bond acceptors (Lipinski definition) is 4. The lowest BCUT2D eigenvalue weighted by atomic mass is 10.1. The number of methoxy groups -OCH3 is 2. The molecule has 6 heteroatoms. The van der Waals surface area contributed by atoms with E-state index >= 15 is 0 Å². The molecular formula is C16H22N2O4. The van der Waals surface area contributed by atoms with Crippen LogP contribution in [0.15, 0.2) is 12.1 Å². The topological polar surface area (TPSA) is 76.7 Å². The molecule has 2 aliphatic heterocycles. The van der Waals surface area contributed by atoms with E-state index in [1.165, 1.54) is 14.2 Å². The number of fused-ring (bicyclic) bond motifs is 11. The van der Waals surface area contributed by atoms with E-state index in [0.29, 0.717) is 24.2 Å². The summed E-state index contributed by atoms with van der Waals surface area (Å²) in [7, 11) is 2.92. The van der Waals surface area contributed by atoms with Crippen LogP contribution < -0.4 is 20.1 Å². The van der Waals surface area contributed by atoms with E-state index in [0.717, 1.165) is 25.7 Å². The van der Waals surface area contributed by atoms with Gasteiger partial charge in [0.1, 0.15) is 0 Å². The van der Waals surface area contributed by atoms with Crippen molar-refractivity contribution >= 4 is 11.8 Å². The van der Waals surface area contributed by atoms with Crippen LogP contribution in [0.5, 0.6) is 11.5 Å². The molecule has 1 aromatic carbocycles. The van der Waals surface area contributed by atoms with E-state index in [-0.39, 0.29) is 23.3 Å². The van der Waals surface area contributed by atoms with E-state index in [1.807, 2.05) is 0 Å². The van der Waals surface area contributed by atoms with Gasteiger partial charge < -0.3 is 20.1 Å². The first-order valence-corrected chi connectivity index (χ1v) is 7.50. The molecule has 2 N–H and O–H groups in total. The second kappa shape index (κ2) is 7.68. The molecule has 0 unspecified atom stereocenters. The highest BCUT2D eigenvalue weighted by atomic mass is 16.5. The van der Waals surface area contributed by atoms with Crippen LogP contribution in [0.1, 0.15) is 46.4 Å². The van der Waals surface area contributed by atoms with Crippen LogP contribution in [0.2, 0.25) is 0 Å². The molecular weight excluding hydrogens is 284 g/mol. The average Bonchev–Trinajstić information content (AvgIpc) is 2.54. The quantitative estimate of drug-likeness (QED) is 0.872. The number of rotatable bonds is 2. The third-order valence-corrected chi connectivity index (χ3v) is 3.68. The summed E-state index contributed by atoms with van der Waals surface area (Å²) in [6, 6.07) is 3.19.